The summed E-state index contributed by atoms with van der Waals surface area (Å²) in [6.07, 6.45) is 3.63. The van der Waals surface area contributed by atoms with Gasteiger partial charge in [0.05, 0.1) is 12.0 Å². The average molecular weight is 578 g/mol. The summed E-state index contributed by atoms with van der Waals surface area (Å²) in [7, 11) is 1.60. The highest BCUT2D eigenvalue weighted by Gasteiger charge is 2.26. The Labute approximate surface area is 244 Å². The average Bonchev–Trinajstić information content (AvgIpc) is 2.99. The molecule has 0 aliphatic carbocycles. The van der Waals surface area contributed by atoms with Crippen LogP contribution in [0.4, 0.5) is 0 Å². The Bertz CT molecular complexity index is 1640. The van der Waals surface area contributed by atoms with E-state index in [0.29, 0.717) is 41.3 Å². The van der Waals surface area contributed by atoms with Crippen LogP contribution in [0.1, 0.15) is 68.2 Å². The monoisotopic (exact) mass is 577 g/mol. The molecule has 0 saturated carbocycles. The van der Waals surface area contributed by atoms with Gasteiger partial charge in [-0.2, -0.15) is 0 Å². The predicted molar refractivity (Wildman–Crippen MR) is 160 cm³/mol. The van der Waals surface area contributed by atoms with E-state index in [2.05, 4.69) is 18.8 Å². The van der Waals surface area contributed by atoms with Crippen molar-refractivity contribution in [2.45, 2.75) is 64.4 Å². The first-order chi connectivity index (χ1) is 19.8. The van der Waals surface area contributed by atoms with E-state index in [0.717, 1.165) is 30.4 Å². The number of aliphatic hydroxyl groups is 1. The lowest BCUT2D eigenvalue weighted by Gasteiger charge is -2.23. The van der Waals surface area contributed by atoms with Crippen molar-refractivity contribution in [1.82, 2.24) is 14.1 Å². The molecule has 2 atom stereocenters. The summed E-state index contributed by atoms with van der Waals surface area (Å²) in [6, 6.07) is 14.8. The van der Waals surface area contributed by atoms with Gasteiger partial charge in [0.25, 0.3) is 5.56 Å². The van der Waals surface area contributed by atoms with E-state index >= 15 is 0 Å². The van der Waals surface area contributed by atoms with Crippen molar-refractivity contribution in [3.63, 3.8) is 0 Å². The lowest BCUT2D eigenvalue weighted by atomic mass is 9.87. The minimum atomic E-state index is -1.17. The van der Waals surface area contributed by atoms with Crippen molar-refractivity contribution in [3.8, 4) is 11.1 Å². The summed E-state index contributed by atoms with van der Waals surface area (Å²) in [6.45, 7) is 5.40. The lowest BCUT2D eigenvalue weighted by Crippen LogP contribution is -2.40. The summed E-state index contributed by atoms with van der Waals surface area (Å²) in [4.78, 5) is 32.1. The largest absolute Gasteiger partial charge is 0.384 e. The molecule has 5 rings (SSSR count). The fourth-order valence-corrected chi connectivity index (χ4v) is 5.63. The molecule has 8 nitrogen and oxygen atoms in total. The van der Waals surface area contributed by atoms with E-state index in [1.165, 1.54) is 9.13 Å². The number of hydrogen-bond acceptors (Lipinski definition) is 6. The Morgan fingerprint density at radius 1 is 1.10 bits per heavy atom. The van der Waals surface area contributed by atoms with Gasteiger partial charge < -0.3 is 14.6 Å². The number of hydrogen-bond donors (Lipinski definition) is 1. The molecule has 2 aromatic carbocycles. The van der Waals surface area contributed by atoms with Crippen LogP contribution in [0.2, 0.25) is 5.02 Å². The van der Waals surface area contributed by atoms with Gasteiger partial charge in [0.15, 0.2) is 6.29 Å². The van der Waals surface area contributed by atoms with Crippen molar-refractivity contribution < 1.29 is 14.6 Å². The number of benzene rings is 2. The summed E-state index contributed by atoms with van der Waals surface area (Å²) < 4.78 is 14.0. The number of fused-ring (bicyclic) bond motifs is 1. The van der Waals surface area contributed by atoms with Crippen LogP contribution in [-0.4, -0.2) is 38.7 Å². The number of pyridine rings is 1. The summed E-state index contributed by atoms with van der Waals surface area (Å²) in [5, 5.41) is 12.6. The van der Waals surface area contributed by atoms with Gasteiger partial charge in [-0.05, 0) is 60.4 Å². The number of ether oxygens (including phenoxy) is 2. The Balaban J connectivity index is 1.66. The van der Waals surface area contributed by atoms with Gasteiger partial charge in [-0.25, -0.2) is 9.78 Å². The second kappa shape index (κ2) is 12.7. The van der Waals surface area contributed by atoms with Crippen LogP contribution in [0, 0.1) is 0 Å². The molecule has 9 heteroatoms. The molecule has 216 valence electrons. The zero-order valence-electron chi connectivity index (χ0n) is 23.7. The minimum absolute atomic E-state index is 0.164. The fraction of sp³-hybridized carbons (Fsp3) is 0.406. The van der Waals surface area contributed by atoms with Crippen LogP contribution in [0.25, 0.3) is 22.2 Å². The number of aromatic nitrogens is 3. The quantitative estimate of drug-likeness (QED) is 0.262. The smallest absolute Gasteiger partial charge is 0.332 e. The summed E-state index contributed by atoms with van der Waals surface area (Å²) in [5.74, 6) is 0.187. The first-order valence-electron chi connectivity index (χ1n) is 14.2. The minimum Gasteiger partial charge on any atom is -0.384 e. The van der Waals surface area contributed by atoms with Crippen LogP contribution in [-0.2, 0) is 23.1 Å². The van der Waals surface area contributed by atoms with Gasteiger partial charge in [0.2, 0.25) is 0 Å². The van der Waals surface area contributed by atoms with Crippen LogP contribution in [0.15, 0.2) is 64.3 Å². The second-order valence-electron chi connectivity index (χ2n) is 10.8. The molecule has 1 aliphatic heterocycles. The zero-order chi connectivity index (χ0) is 29.1. The molecule has 4 aromatic rings. The number of aryl methyl sites for hydroxylation is 1. The Morgan fingerprint density at radius 2 is 1.85 bits per heavy atom. The van der Waals surface area contributed by atoms with Crippen LogP contribution < -0.4 is 11.2 Å². The number of nitrogens with zero attached hydrogens (tertiary/aromatic N) is 3. The van der Waals surface area contributed by atoms with Gasteiger partial charge >= 0.3 is 5.69 Å². The van der Waals surface area contributed by atoms with Crippen LogP contribution in [0.3, 0.4) is 0 Å². The third-order valence-electron chi connectivity index (χ3n) is 7.69. The lowest BCUT2D eigenvalue weighted by molar-refractivity contribution is -0.163. The number of rotatable bonds is 9. The number of aliphatic hydroxyl groups excluding tert-OH is 1. The Kier molecular flexibility index (Phi) is 9.04. The number of halogens is 1. The second-order valence-corrected chi connectivity index (χ2v) is 11.2. The van der Waals surface area contributed by atoms with Crippen molar-refractivity contribution in [1.29, 1.82) is 0 Å². The van der Waals surface area contributed by atoms with Crippen molar-refractivity contribution in [3.05, 3.63) is 97.3 Å². The first kappa shape index (κ1) is 29.2. The van der Waals surface area contributed by atoms with Crippen molar-refractivity contribution >= 4 is 22.6 Å². The first-order valence-corrected chi connectivity index (χ1v) is 14.5. The zero-order valence-corrected chi connectivity index (χ0v) is 24.4. The molecular formula is C32H36ClN3O5. The fourth-order valence-electron chi connectivity index (χ4n) is 5.51. The third kappa shape index (κ3) is 6.02. The Morgan fingerprint density at radius 3 is 2.56 bits per heavy atom. The topological polar surface area (TPSA) is 95.6 Å². The highest BCUT2D eigenvalue weighted by Crippen LogP contribution is 2.38. The summed E-state index contributed by atoms with van der Waals surface area (Å²) in [5.41, 5.74) is 2.83. The van der Waals surface area contributed by atoms with Gasteiger partial charge in [0.1, 0.15) is 11.8 Å². The van der Waals surface area contributed by atoms with E-state index < -0.39 is 17.4 Å². The highest BCUT2D eigenvalue weighted by atomic mass is 35.5. The molecule has 0 radical (unpaired) electrons. The van der Waals surface area contributed by atoms with E-state index in [-0.39, 0.29) is 29.8 Å². The predicted octanol–water partition coefficient (Wildman–Crippen LogP) is 5.55. The molecule has 0 bridgehead atoms. The highest BCUT2D eigenvalue weighted by molar-refractivity contribution is 6.30. The van der Waals surface area contributed by atoms with E-state index in [1.807, 2.05) is 24.3 Å². The molecule has 2 unspecified atom stereocenters. The molecule has 1 fully saturated rings. The molecule has 1 aliphatic rings. The maximum Gasteiger partial charge on any atom is 0.332 e. The molecule has 3 heterocycles. The van der Waals surface area contributed by atoms with E-state index in [1.54, 1.807) is 37.5 Å². The van der Waals surface area contributed by atoms with Crippen molar-refractivity contribution in [2.75, 3.05) is 13.2 Å². The molecule has 0 spiro atoms. The molecule has 41 heavy (non-hydrogen) atoms. The molecule has 1 N–H and O–H groups in total. The normalized spacial score (nSPS) is 16.4. The SMILES string of the molecule is CC(C)c1ccccc1-c1cnc2c(c1C(O)c1ccc(Cl)cc1)c(=O)n(CCCOC1CCCCO1)c(=O)n2C. The third-order valence-corrected chi connectivity index (χ3v) is 7.95. The van der Waals surface area contributed by atoms with E-state index in [9.17, 15) is 14.7 Å². The van der Waals surface area contributed by atoms with Crippen molar-refractivity contribution in [2.24, 2.45) is 7.05 Å². The maximum absolute atomic E-state index is 14.1. The standard InChI is InChI=1S/C32H36ClN3O5/c1-20(2)23-9-4-5-10-24(23)25-19-34-30-28(27(25)29(37)21-12-14-22(33)15-13-21)31(38)36(32(39)35(30)3)16-8-18-41-26-11-6-7-17-40-26/h4-5,9-10,12-15,19-20,26,29,37H,6-8,11,16-18H2,1-3H3. The molecule has 1 saturated heterocycles. The van der Waals surface area contributed by atoms with Gasteiger partial charge in [-0.3, -0.25) is 13.9 Å². The van der Waals surface area contributed by atoms with Crippen LogP contribution >= 0.6 is 11.6 Å². The van der Waals surface area contributed by atoms with Gasteiger partial charge in [-0.15, -0.1) is 0 Å². The molecular weight excluding hydrogens is 542 g/mol. The van der Waals surface area contributed by atoms with Gasteiger partial charge in [0, 0.05) is 42.5 Å². The van der Waals surface area contributed by atoms with E-state index in [4.69, 9.17) is 21.1 Å². The van der Waals surface area contributed by atoms with Gasteiger partial charge in [-0.1, -0.05) is 61.8 Å². The van der Waals surface area contributed by atoms with Crippen LogP contribution in [0.5, 0.6) is 0 Å². The molecule has 2 aromatic heterocycles. The maximum atomic E-state index is 14.1. The molecule has 0 amide bonds. The summed E-state index contributed by atoms with van der Waals surface area (Å²) >= 11 is 6.13. The Hall–Kier alpha value is -3.30.